The number of nitrogens with zero attached hydrogens (tertiary/aromatic N) is 3. The lowest BCUT2D eigenvalue weighted by Crippen LogP contribution is -2.49. The molecule has 5 rings (SSSR count). The summed E-state index contributed by atoms with van der Waals surface area (Å²) >= 11 is 1.56. The van der Waals surface area contributed by atoms with E-state index < -0.39 is 0 Å². The van der Waals surface area contributed by atoms with Crippen LogP contribution >= 0.6 is 11.3 Å². The summed E-state index contributed by atoms with van der Waals surface area (Å²) in [7, 11) is 0. The molecule has 0 bridgehead atoms. The zero-order valence-electron chi connectivity index (χ0n) is 17.2. The minimum atomic E-state index is 0.0250. The molecule has 1 saturated heterocycles. The van der Waals surface area contributed by atoms with Gasteiger partial charge in [0, 0.05) is 37.3 Å². The molecular formula is C24H26N4OS. The molecule has 2 aromatic carbocycles. The van der Waals surface area contributed by atoms with Gasteiger partial charge in [-0.15, -0.1) is 11.3 Å². The van der Waals surface area contributed by atoms with Crippen LogP contribution in [0.15, 0.2) is 54.7 Å². The van der Waals surface area contributed by atoms with E-state index in [1.54, 1.807) is 11.3 Å². The molecule has 1 fully saturated rings. The SMILES string of the molecule is CCc1cnc(NC(=O)CN2CCN(C3c4ccccc4-c4ccccc43)CC2)s1. The van der Waals surface area contributed by atoms with Gasteiger partial charge in [-0.25, -0.2) is 4.98 Å². The van der Waals surface area contributed by atoms with Crippen molar-refractivity contribution in [3.05, 3.63) is 70.7 Å². The van der Waals surface area contributed by atoms with Crippen LogP contribution in [0.25, 0.3) is 11.1 Å². The molecule has 1 aliphatic heterocycles. The van der Waals surface area contributed by atoms with E-state index in [-0.39, 0.29) is 5.91 Å². The highest BCUT2D eigenvalue weighted by Crippen LogP contribution is 2.46. The summed E-state index contributed by atoms with van der Waals surface area (Å²) < 4.78 is 0. The van der Waals surface area contributed by atoms with E-state index in [0.29, 0.717) is 17.7 Å². The second-order valence-electron chi connectivity index (χ2n) is 7.92. The van der Waals surface area contributed by atoms with Gasteiger partial charge in [-0.1, -0.05) is 55.5 Å². The molecule has 0 atom stereocenters. The van der Waals surface area contributed by atoms with Gasteiger partial charge < -0.3 is 5.32 Å². The number of amides is 1. The second kappa shape index (κ2) is 8.30. The lowest BCUT2D eigenvalue weighted by atomic mass is 10.0. The summed E-state index contributed by atoms with van der Waals surface area (Å²) in [6.45, 7) is 6.22. The van der Waals surface area contributed by atoms with Crippen molar-refractivity contribution in [2.75, 3.05) is 38.0 Å². The molecule has 2 aliphatic rings. The molecule has 0 saturated carbocycles. The van der Waals surface area contributed by atoms with Gasteiger partial charge in [0.2, 0.25) is 5.91 Å². The van der Waals surface area contributed by atoms with Crippen molar-refractivity contribution < 1.29 is 4.79 Å². The first-order valence-corrected chi connectivity index (χ1v) is 11.4. The number of hydrogen-bond donors (Lipinski definition) is 1. The van der Waals surface area contributed by atoms with Crippen LogP contribution in [0.3, 0.4) is 0 Å². The van der Waals surface area contributed by atoms with Gasteiger partial charge in [0.15, 0.2) is 5.13 Å². The third kappa shape index (κ3) is 3.67. The summed E-state index contributed by atoms with van der Waals surface area (Å²) in [4.78, 5) is 22.7. The number of aromatic nitrogens is 1. The standard InChI is InChI=1S/C24H26N4OS/c1-2-17-15-25-24(30-17)26-22(29)16-27-11-13-28(14-12-27)23-20-9-5-3-7-18(20)19-8-4-6-10-21(19)23/h3-10,15,23H,2,11-14,16H2,1H3,(H,25,26,29). The predicted molar refractivity (Wildman–Crippen MR) is 122 cm³/mol. The van der Waals surface area contributed by atoms with E-state index in [9.17, 15) is 4.79 Å². The van der Waals surface area contributed by atoms with Gasteiger partial charge in [0.25, 0.3) is 0 Å². The first-order valence-electron chi connectivity index (χ1n) is 10.6. The van der Waals surface area contributed by atoms with Gasteiger partial charge in [-0.05, 0) is 28.7 Å². The van der Waals surface area contributed by atoms with Crippen molar-refractivity contribution in [3.63, 3.8) is 0 Å². The third-order valence-corrected chi connectivity index (χ3v) is 7.15. The summed E-state index contributed by atoms with van der Waals surface area (Å²) in [5, 5.41) is 3.65. The van der Waals surface area contributed by atoms with Crippen molar-refractivity contribution in [2.45, 2.75) is 19.4 Å². The topological polar surface area (TPSA) is 48.5 Å². The Labute approximate surface area is 181 Å². The van der Waals surface area contributed by atoms with Crippen LogP contribution in [0.4, 0.5) is 5.13 Å². The smallest absolute Gasteiger partial charge is 0.240 e. The van der Waals surface area contributed by atoms with Crippen molar-refractivity contribution in [3.8, 4) is 11.1 Å². The molecule has 5 nitrogen and oxygen atoms in total. The molecule has 6 heteroatoms. The Hall–Kier alpha value is -2.54. The van der Waals surface area contributed by atoms with E-state index in [1.807, 2.05) is 6.20 Å². The number of hydrogen-bond acceptors (Lipinski definition) is 5. The van der Waals surface area contributed by atoms with Crippen molar-refractivity contribution >= 4 is 22.4 Å². The van der Waals surface area contributed by atoms with Crippen LogP contribution in [0.5, 0.6) is 0 Å². The quantitative estimate of drug-likeness (QED) is 0.680. The van der Waals surface area contributed by atoms with Crippen LogP contribution in [-0.2, 0) is 11.2 Å². The molecule has 3 aromatic rings. The molecule has 0 radical (unpaired) electrons. The average Bonchev–Trinajstić information content (AvgIpc) is 3.36. The van der Waals surface area contributed by atoms with Crippen LogP contribution < -0.4 is 5.32 Å². The summed E-state index contributed by atoms with van der Waals surface area (Å²) in [5.74, 6) is 0.0250. The van der Waals surface area contributed by atoms with Crippen molar-refractivity contribution in [1.82, 2.24) is 14.8 Å². The molecule has 2 heterocycles. The van der Waals surface area contributed by atoms with Gasteiger partial charge in [0.1, 0.15) is 0 Å². The number of aryl methyl sites for hydroxylation is 1. The van der Waals surface area contributed by atoms with Crippen LogP contribution in [0, 0.1) is 0 Å². The number of fused-ring (bicyclic) bond motifs is 3. The maximum absolute atomic E-state index is 12.4. The molecule has 30 heavy (non-hydrogen) atoms. The molecule has 1 aliphatic carbocycles. The van der Waals surface area contributed by atoms with Crippen LogP contribution in [0.1, 0.15) is 29.0 Å². The van der Waals surface area contributed by atoms with Crippen molar-refractivity contribution in [2.24, 2.45) is 0 Å². The lowest BCUT2D eigenvalue weighted by Gasteiger charge is -2.38. The average molecular weight is 419 g/mol. The van der Waals surface area contributed by atoms with Crippen molar-refractivity contribution in [1.29, 1.82) is 0 Å². The Morgan fingerprint density at radius 1 is 1.03 bits per heavy atom. The Bertz CT molecular complexity index is 1010. The molecule has 1 N–H and O–H groups in total. The summed E-state index contributed by atoms with van der Waals surface area (Å²) in [6, 6.07) is 17.8. The Kier molecular flexibility index (Phi) is 5.37. The van der Waals surface area contributed by atoms with Gasteiger partial charge >= 0.3 is 0 Å². The number of anilines is 1. The molecule has 1 amide bonds. The highest BCUT2D eigenvalue weighted by molar-refractivity contribution is 7.15. The summed E-state index contributed by atoms with van der Waals surface area (Å²) in [6.07, 6.45) is 2.79. The maximum Gasteiger partial charge on any atom is 0.240 e. The fourth-order valence-corrected chi connectivity index (χ4v) is 5.36. The maximum atomic E-state index is 12.4. The van der Waals surface area contributed by atoms with Crippen LogP contribution in [-0.4, -0.2) is 53.4 Å². The number of nitrogens with one attached hydrogen (secondary N) is 1. The number of thiazole rings is 1. The molecule has 154 valence electrons. The van der Waals surface area contributed by atoms with E-state index in [2.05, 4.69) is 75.6 Å². The number of rotatable bonds is 5. The first kappa shape index (κ1) is 19.4. The zero-order chi connectivity index (χ0) is 20.5. The Morgan fingerprint density at radius 3 is 2.27 bits per heavy atom. The Balaban J connectivity index is 1.23. The highest BCUT2D eigenvalue weighted by Gasteiger charge is 2.34. The zero-order valence-corrected chi connectivity index (χ0v) is 18.0. The molecule has 1 aromatic heterocycles. The van der Waals surface area contributed by atoms with E-state index >= 15 is 0 Å². The fraction of sp³-hybridized carbons (Fsp3) is 0.333. The minimum absolute atomic E-state index is 0.0250. The number of carbonyl (C=O) groups is 1. The van der Waals surface area contributed by atoms with Gasteiger partial charge in [-0.3, -0.25) is 14.6 Å². The normalized spacial score (nSPS) is 17.0. The molecule has 0 spiro atoms. The largest absolute Gasteiger partial charge is 0.301 e. The molecule has 0 unspecified atom stereocenters. The molecular weight excluding hydrogens is 392 g/mol. The highest BCUT2D eigenvalue weighted by atomic mass is 32.1. The second-order valence-corrected chi connectivity index (χ2v) is 9.04. The monoisotopic (exact) mass is 418 g/mol. The number of benzene rings is 2. The Morgan fingerprint density at radius 2 is 1.67 bits per heavy atom. The fourth-order valence-electron chi connectivity index (χ4n) is 4.59. The first-order chi connectivity index (χ1) is 14.7. The van der Waals surface area contributed by atoms with E-state index in [4.69, 9.17) is 0 Å². The van der Waals surface area contributed by atoms with E-state index in [1.165, 1.54) is 27.1 Å². The summed E-state index contributed by atoms with van der Waals surface area (Å²) in [5.41, 5.74) is 5.52. The third-order valence-electron chi connectivity index (χ3n) is 6.09. The minimum Gasteiger partial charge on any atom is -0.301 e. The van der Waals surface area contributed by atoms with Gasteiger partial charge in [-0.2, -0.15) is 0 Å². The van der Waals surface area contributed by atoms with E-state index in [0.717, 1.165) is 32.6 Å². The van der Waals surface area contributed by atoms with Gasteiger partial charge in [0.05, 0.1) is 12.6 Å². The predicted octanol–water partition coefficient (Wildman–Crippen LogP) is 4.03. The van der Waals surface area contributed by atoms with Crippen LogP contribution in [0.2, 0.25) is 0 Å². The number of piperazine rings is 1. The lowest BCUT2D eigenvalue weighted by molar-refractivity contribution is -0.117. The number of carbonyl (C=O) groups excluding carboxylic acids is 1.